The topological polar surface area (TPSA) is 29.3 Å². The molecule has 0 bridgehead atoms. The first-order valence-electron chi connectivity index (χ1n) is 7.34. The number of hydrogen-bond acceptors (Lipinski definition) is 2. The van der Waals surface area contributed by atoms with Crippen molar-refractivity contribution in [1.29, 1.82) is 0 Å². The van der Waals surface area contributed by atoms with E-state index in [1.807, 2.05) is 0 Å². The van der Waals surface area contributed by atoms with Crippen LogP contribution in [-0.2, 0) is 0 Å². The molecule has 2 aromatic rings. The molecule has 1 aliphatic heterocycles. The molecular weight excluding hydrogens is 244 g/mol. The van der Waals surface area contributed by atoms with Gasteiger partial charge in [0.15, 0.2) is 0 Å². The third-order valence-corrected chi connectivity index (χ3v) is 4.37. The van der Waals surface area contributed by atoms with Gasteiger partial charge in [0.1, 0.15) is 0 Å². The Morgan fingerprint density at radius 1 is 1.10 bits per heavy atom. The molecule has 2 nitrogen and oxygen atoms in total. The number of nitrogens with zero attached hydrogens (tertiary/aromatic N) is 1. The summed E-state index contributed by atoms with van der Waals surface area (Å²) in [4.78, 5) is 2.35. The molecular formula is C18H22N2. The lowest BCUT2D eigenvalue weighted by atomic mass is 9.75. The largest absolute Gasteiger partial charge is 0.339 e. The van der Waals surface area contributed by atoms with Crippen LogP contribution < -0.4 is 10.6 Å². The molecule has 2 N–H and O–H groups in total. The van der Waals surface area contributed by atoms with E-state index in [0.717, 1.165) is 13.0 Å². The van der Waals surface area contributed by atoms with Crippen LogP contribution in [0.1, 0.15) is 31.7 Å². The highest BCUT2D eigenvalue weighted by atomic mass is 15.2. The fraction of sp³-hybridized carbons (Fsp3) is 0.333. The van der Waals surface area contributed by atoms with Crippen molar-refractivity contribution < 1.29 is 0 Å². The zero-order chi connectivity index (χ0) is 14.2. The van der Waals surface area contributed by atoms with Gasteiger partial charge in [0.25, 0.3) is 0 Å². The monoisotopic (exact) mass is 266 g/mol. The molecule has 0 spiro atoms. The van der Waals surface area contributed by atoms with Crippen molar-refractivity contribution >= 4 is 11.4 Å². The van der Waals surface area contributed by atoms with Crippen LogP contribution in [0.25, 0.3) is 0 Å². The number of para-hydroxylation sites is 2. The molecule has 0 amide bonds. The summed E-state index contributed by atoms with van der Waals surface area (Å²) in [5.41, 5.74) is 10.3. The third-order valence-electron chi connectivity index (χ3n) is 4.37. The van der Waals surface area contributed by atoms with E-state index in [9.17, 15) is 0 Å². The van der Waals surface area contributed by atoms with E-state index < -0.39 is 0 Å². The van der Waals surface area contributed by atoms with Crippen LogP contribution in [0.4, 0.5) is 11.4 Å². The van der Waals surface area contributed by atoms with Gasteiger partial charge in [-0.05, 0) is 37.1 Å². The average molecular weight is 266 g/mol. The molecule has 3 rings (SSSR count). The maximum absolute atomic E-state index is 6.63. The van der Waals surface area contributed by atoms with E-state index in [2.05, 4.69) is 73.3 Å². The van der Waals surface area contributed by atoms with Gasteiger partial charge < -0.3 is 10.6 Å². The summed E-state index contributed by atoms with van der Waals surface area (Å²) < 4.78 is 0. The maximum Gasteiger partial charge on any atom is 0.0447 e. The van der Waals surface area contributed by atoms with E-state index in [-0.39, 0.29) is 5.54 Å². The quantitative estimate of drug-likeness (QED) is 0.888. The summed E-state index contributed by atoms with van der Waals surface area (Å²) in [5, 5.41) is 0. The van der Waals surface area contributed by atoms with Crippen molar-refractivity contribution in [3.63, 3.8) is 0 Å². The van der Waals surface area contributed by atoms with Gasteiger partial charge in [-0.1, -0.05) is 43.3 Å². The lowest BCUT2D eigenvalue weighted by molar-refractivity contribution is 0.360. The Kier molecular flexibility index (Phi) is 3.27. The molecule has 0 aliphatic carbocycles. The fourth-order valence-electron chi connectivity index (χ4n) is 3.44. The summed E-state index contributed by atoms with van der Waals surface area (Å²) in [6.07, 6.45) is 1.08. The number of nitrogens with two attached hydrogens (primary N) is 1. The molecule has 0 saturated heterocycles. The molecule has 0 aromatic heterocycles. The normalized spacial score (nSPS) is 25.4. The molecule has 20 heavy (non-hydrogen) atoms. The standard InChI is InChI=1S/C18H22N2/c1-3-16-15-11-7-8-12-17(15)20(13-18(16,2)19)14-9-5-4-6-10-14/h4-12,16H,3,13,19H2,1-2H3/t16-,18+/m0/s1. The highest BCUT2D eigenvalue weighted by Gasteiger charge is 2.38. The highest BCUT2D eigenvalue weighted by Crippen LogP contribution is 2.44. The molecule has 2 heteroatoms. The fourth-order valence-corrected chi connectivity index (χ4v) is 3.44. The van der Waals surface area contributed by atoms with Crippen LogP contribution in [0, 0.1) is 0 Å². The van der Waals surface area contributed by atoms with E-state index >= 15 is 0 Å². The predicted octanol–water partition coefficient (Wildman–Crippen LogP) is 4.05. The smallest absolute Gasteiger partial charge is 0.0447 e. The first kappa shape index (κ1) is 13.2. The Balaban J connectivity index is 2.14. The van der Waals surface area contributed by atoms with Crippen molar-refractivity contribution in [2.45, 2.75) is 31.7 Å². The number of rotatable bonds is 2. The van der Waals surface area contributed by atoms with Gasteiger partial charge in [-0.3, -0.25) is 0 Å². The number of anilines is 2. The van der Waals surface area contributed by atoms with Crippen molar-refractivity contribution in [1.82, 2.24) is 0 Å². The van der Waals surface area contributed by atoms with Gasteiger partial charge >= 0.3 is 0 Å². The van der Waals surface area contributed by atoms with Crippen LogP contribution in [0.15, 0.2) is 54.6 Å². The minimum atomic E-state index is -0.209. The summed E-state index contributed by atoms with van der Waals surface area (Å²) in [7, 11) is 0. The number of benzene rings is 2. The van der Waals surface area contributed by atoms with Crippen molar-refractivity contribution in [2.75, 3.05) is 11.4 Å². The lowest BCUT2D eigenvalue weighted by Gasteiger charge is -2.46. The first-order chi connectivity index (χ1) is 9.63. The van der Waals surface area contributed by atoms with Gasteiger partial charge in [0, 0.05) is 29.4 Å². The maximum atomic E-state index is 6.63. The second-order valence-electron chi connectivity index (χ2n) is 5.95. The molecule has 2 aromatic carbocycles. The highest BCUT2D eigenvalue weighted by molar-refractivity contribution is 5.70. The predicted molar refractivity (Wildman–Crippen MR) is 85.5 cm³/mol. The van der Waals surface area contributed by atoms with Crippen molar-refractivity contribution in [3.8, 4) is 0 Å². The second kappa shape index (κ2) is 4.95. The molecule has 1 heterocycles. The zero-order valence-electron chi connectivity index (χ0n) is 12.2. The molecule has 1 aliphatic rings. The van der Waals surface area contributed by atoms with Crippen LogP contribution >= 0.6 is 0 Å². The Morgan fingerprint density at radius 3 is 2.45 bits per heavy atom. The zero-order valence-corrected chi connectivity index (χ0v) is 12.2. The van der Waals surface area contributed by atoms with Gasteiger partial charge in [-0.2, -0.15) is 0 Å². The van der Waals surface area contributed by atoms with Gasteiger partial charge in [-0.15, -0.1) is 0 Å². The van der Waals surface area contributed by atoms with Crippen LogP contribution in [0.2, 0.25) is 0 Å². The van der Waals surface area contributed by atoms with Gasteiger partial charge in [-0.25, -0.2) is 0 Å². The molecule has 0 saturated carbocycles. The minimum Gasteiger partial charge on any atom is -0.339 e. The Hall–Kier alpha value is -1.80. The Labute approximate surface area is 121 Å². The average Bonchev–Trinajstić information content (AvgIpc) is 2.47. The molecule has 104 valence electrons. The summed E-state index contributed by atoms with van der Waals surface area (Å²) in [5.74, 6) is 0.415. The van der Waals surface area contributed by atoms with Crippen LogP contribution in [-0.4, -0.2) is 12.1 Å². The van der Waals surface area contributed by atoms with E-state index in [1.54, 1.807) is 0 Å². The van der Waals surface area contributed by atoms with Crippen LogP contribution in [0.3, 0.4) is 0 Å². The van der Waals surface area contributed by atoms with Crippen LogP contribution in [0.5, 0.6) is 0 Å². The molecule has 0 unspecified atom stereocenters. The number of fused-ring (bicyclic) bond motifs is 1. The molecule has 0 radical (unpaired) electrons. The van der Waals surface area contributed by atoms with Crippen molar-refractivity contribution in [2.24, 2.45) is 5.73 Å². The summed E-state index contributed by atoms with van der Waals surface area (Å²) >= 11 is 0. The van der Waals surface area contributed by atoms with E-state index in [1.165, 1.54) is 16.9 Å². The summed E-state index contributed by atoms with van der Waals surface area (Å²) in [6.45, 7) is 5.25. The van der Waals surface area contributed by atoms with Gasteiger partial charge in [0.2, 0.25) is 0 Å². The molecule has 0 fully saturated rings. The second-order valence-corrected chi connectivity index (χ2v) is 5.95. The Bertz CT molecular complexity index is 589. The minimum absolute atomic E-state index is 0.209. The van der Waals surface area contributed by atoms with E-state index in [0.29, 0.717) is 5.92 Å². The van der Waals surface area contributed by atoms with Crippen molar-refractivity contribution in [3.05, 3.63) is 60.2 Å². The molecule has 2 atom stereocenters. The van der Waals surface area contributed by atoms with Gasteiger partial charge in [0.05, 0.1) is 0 Å². The SMILES string of the molecule is CC[C@H]1c2ccccc2N(c2ccccc2)C[C@@]1(C)N. The third kappa shape index (κ3) is 2.10. The first-order valence-corrected chi connectivity index (χ1v) is 7.34. The summed E-state index contributed by atoms with van der Waals surface area (Å²) in [6, 6.07) is 19.2. The Morgan fingerprint density at radius 2 is 1.75 bits per heavy atom. The lowest BCUT2D eigenvalue weighted by Crippen LogP contribution is -2.54. The van der Waals surface area contributed by atoms with E-state index in [4.69, 9.17) is 5.73 Å². The number of hydrogen-bond donors (Lipinski definition) is 1.